The molecular weight excluding hydrogens is 2740 g/mol. The first-order valence-electron chi connectivity index (χ1n) is 50.5. The minimum absolute atomic E-state index is 0. The van der Waals surface area contributed by atoms with E-state index in [1.807, 2.05) is 222 Å². The smallest absolute Gasteiger partial charge is 0 e. The molecule has 2 aliphatic rings. The van der Waals surface area contributed by atoms with Crippen molar-refractivity contribution in [3.8, 4) is 112 Å². The van der Waals surface area contributed by atoms with E-state index < -0.39 is 53.1 Å². The van der Waals surface area contributed by atoms with Gasteiger partial charge in [-0.05, 0) is 72.7 Å². The van der Waals surface area contributed by atoms with Crippen molar-refractivity contribution in [3.63, 3.8) is 0 Å². The van der Waals surface area contributed by atoms with Gasteiger partial charge in [-0.25, -0.2) is 0 Å². The molecule has 8 heterocycles. The molecule has 18 aromatic rings. The first kappa shape index (κ1) is 121. The summed E-state index contributed by atoms with van der Waals surface area (Å²) in [4.78, 5) is 36.3. The number of pyridine rings is 8. The van der Waals surface area contributed by atoms with Crippen molar-refractivity contribution < 1.29 is 80.4 Å². The molecule has 762 valence electrons. The zero-order chi connectivity index (χ0) is 101. The van der Waals surface area contributed by atoms with Crippen LogP contribution in [0.15, 0.2) is 365 Å². The summed E-state index contributed by atoms with van der Waals surface area (Å²) < 4.78 is 6.25. The van der Waals surface area contributed by atoms with E-state index in [4.69, 9.17) is 15.0 Å². The van der Waals surface area contributed by atoms with Gasteiger partial charge < -0.3 is 19.9 Å². The third-order valence-corrected chi connectivity index (χ3v) is 42.7. The molecule has 2 fully saturated rings. The molecule has 2 aliphatic carbocycles. The Labute approximate surface area is 944 Å². The fourth-order valence-corrected chi connectivity index (χ4v) is 31.6. The molecule has 4 radical (unpaired) electrons. The summed E-state index contributed by atoms with van der Waals surface area (Å²) in [6.45, 7) is 14.9. The maximum absolute atomic E-state index is 4.90. The van der Waals surface area contributed by atoms with Crippen LogP contribution in [0.3, 0.4) is 0 Å². The summed E-state index contributed by atoms with van der Waals surface area (Å²) >= 11 is -7.54. The molecule has 0 unspecified atom stereocenters. The van der Waals surface area contributed by atoms with Gasteiger partial charge in [-0.15, -0.1) is 144 Å². The third-order valence-electron chi connectivity index (χ3n) is 25.3. The maximum atomic E-state index is 4.90. The van der Waals surface area contributed by atoms with Gasteiger partial charge in [0.15, 0.2) is 0 Å². The summed E-state index contributed by atoms with van der Waals surface area (Å²) in [5.41, 5.74) is 32.3. The van der Waals surface area contributed by atoms with Crippen molar-refractivity contribution in [3.05, 3.63) is 458 Å². The van der Waals surface area contributed by atoms with Gasteiger partial charge in [0.1, 0.15) is 0 Å². The van der Waals surface area contributed by atoms with Gasteiger partial charge in [0.2, 0.25) is 0 Å². The molecule has 0 spiro atoms. The molecule has 0 amide bonds. The molecule has 10 aromatic carbocycles. The van der Waals surface area contributed by atoms with E-state index in [0.29, 0.717) is 5.92 Å². The Morgan fingerprint density at radius 3 is 0.776 bits per heavy atom. The molecule has 20 rings (SSSR count). The quantitative estimate of drug-likeness (QED) is 0.0618. The second kappa shape index (κ2) is 59.7. The van der Waals surface area contributed by atoms with Gasteiger partial charge in [-0.1, -0.05) is 48.5 Å². The fourth-order valence-electron chi connectivity index (χ4n) is 17.7. The van der Waals surface area contributed by atoms with E-state index in [9.17, 15) is 0 Å². The number of aryl methyl sites for hydroxylation is 5. The minimum Gasteiger partial charge on any atom is 0 e. The first-order valence-corrected chi connectivity index (χ1v) is 79.9. The zero-order valence-electron chi connectivity index (χ0n) is 88.6. The average molecular weight is 2880 g/mol. The summed E-state index contributed by atoms with van der Waals surface area (Å²) in [5.74, 6) is 31.6. The summed E-state index contributed by atoms with van der Waals surface area (Å²) in [6, 6.07) is 133. The molecule has 8 nitrogen and oxygen atoms in total. The van der Waals surface area contributed by atoms with E-state index in [1.165, 1.54) is 116 Å². The number of benzene rings is 10. The van der Waals surface area contributed by atoms with Crippen molar-refractivity contribution in [2.24, 2.45) is 5.92 Å². The molecule has 147 heavy (non-hydrogen) atoms. The topological polar surface area (TPSA) is 103 Å². The van der Waals surface area contributed by atoms with Gasteiger partial charge in [0.05, 0.1) is 0 Å². The van der Waals surface area contributed by atoms with E-state index in [1.54, 1.807) is 19.9 Å². The Balaban J connectivity index is 0.000000189. The molecule has 16 heteroatoms. The third kappa shape index (κ3) is 37.4. The van der Waals surface area contributed by atoms with Crippen LogP contribution in [0.2, 0.25) is 69.1 Å². The standard InChI is InChI=1S/C25H28GeN.C24H28GeN.C19H24GeN.C15H18GeN.4C12H10N.4Ir/c1-26(2,3)24-18-27-25(17-23(24)20-12-7-8-13-20)22-15-9-14-21(16-22)19-10-5-4-6-11-19;1-18(2)14-22-16-24(26-17-23(22)25(3,4)5)21-13-9-12-20(15-21)19-10-7-6-8-11-19;1-20(2,3)18-14-21-19(16-11-5-4-6-12-16)13-17(18)15-9-7-8-10-15;1-12-11-17-15(10-14(12)16(2,3)4)13-8-6-5-7-9-13;4*1-10-7-8-12(13-9-10)11-5-3-2-4-6-11;;;;/h4-6,9-11,14,16-18,20H,7-8,12-13H2,1-3H3;6-12,15-18H,14H2,1-5H3;4-6,11,13-15H,7-10H2,1-3H3;5-8,10-11H,1-4H3;4*2-5,7-9H,1H3;;;;/q8*-1;;;;. The van der Waals surface area contributed by atoms with E-state index in [0.717, 1.165) is 108 Å². The summed E-state index contributed by atoms with van der Waals surface area (Å²) in [6.07, 6.45) is 28.0. The van der Waals surface area contributed by atoms with E-state index >= 15 is 0 Å². The van der Waals surface area contributed by atoms with Crippen LogP contribution < -0.4 is 17.6 Å². The molecular formula is C131H138Ge4Ir4N8-8. The predicted octanol–water partition coefficient (Wildman–Crippen LogP) is 32.0. The second-order valence-corrected chi connectivity index (χ2v) is 84.0. The van der Waals surface area contributed by atoms with Crippen LogP contribution in [0.1, 0.15) is 122 Å². The van der Waals surface area contributed by atoms with Crippen LogP contribution in [0.4, 0.5) is 0 Å². The second-order valence-electron chi connectivity index (χ2n) is 41.7. The SMILES string of the molecule is CC(C)Cc1cc(-c2[c-]ccc(-c3ccccc3)c2)nc[c]1[Ge]([CH3])([CH3])[CH3].Cc1ccc(-c2[c-]cccc2)nc1.Cc1ccc(-c2[c-]cccc2)nc1.Cc1ccc(-c2[c-]cccc2)nc1.Cc1ccc(-c2[c-]cccc2)nc1.Cc1cnc(-c2[c-]cccc2)c[c]1[Ge]([CH3])([CH3])[CH3].[CH3][Ge]([CH3])([CH3])[c]1cnc(-c2[c-]ccc(-c3ccccc3)c2)cc1C1CCCC1.[CH3][Ge]([CH3])([CH3])[c]1cnc(-c2[c-]cccc2)cc1C1CCCC1.[Ir].[Ir].[Ir].[Ir]. The van der Waals surface area contributed by atoms with Crippen molar-refractivity contribution >= 4 is 70.6 Å². The number of aromatic nitrogens is 8. The van der Waals surface area contributed by atoms with Gasteiger partial charge in [0.25, 0.3) is 0 Å². The van der Waals surface area contributed by atoms with Gasteiger partial charge in [0, 0.05) is 105 Å². The largest absolute Gasteiger partial charge is 0 e. The van der Waals surface area contributed by atoms with Crippen molar-refractivity contribution in [1.82, 2.24) is 39.9 Å². The Morgan fingerprint density at radius 2 is 0.497 bits per heavy atom. The van der Waals surface area contributed by atoms with E-state index in [-0.39, 0.29) is 80.4 Å². The summed E-state index contributed by atoms with van der Waals surface area (Å²) in [5, 5.41) is 0. The van der Waals surface area contributed by atoms with Crippen LogP contribution in [-0.4, -0.2) is 92.9 Å². The van der Waals surface area contributed by atoms with Gasteiger partial charge in [-0.2, -0.15) is 0 Å². The molecule has 0 N–H and O–H groups in total. The van der Waals surface area contributed by atoms with Gasteiger partial charge in [-0.3, -0.25) is 0 Å². The summed E-state index contributed by atoms with van der Waals surface area (Å²) in [7, 11) is 0. The number of hydrogen-bond donors (Lipinski definition) is 0. The predicted molar refractivity (Wildman–Crippen MR) is 616 cm³/mol. The Hall–Kier alpha value is -9.83. The van der Waals surface area contributed by atoms with Crippen molar-refractivity contribution in [1.29, 1.82) is 0 Å². The molecule has 0 saturated heterocycles. The molecule has 0 atom stereocenters. The molecule has 0 aliphatic heterocycles. The molecule has 8 aromatic heterocycles. The Bertz CT molecular complexity index is 6610. The van der Waals surface area contributed by atoms with Crippen LogP contribution >= 0.6 is 0 Å². The number of rotatable bonds is 18. The Morgan fingerprint density at radius 1 is 0.238 bits per heavy atom. The van der Waals surface area contributed by atoms with Crippen LogP contribution in [0.25, 0.3) is 112 Å². The van der Waals surface area contributed by atoms with Crippen molar-refractivity contribution in [2.75, 3.05) is 0 Å². The monoisotopic (exact) mass is 2890 g/mol. The van der Waals surface area contributed by atoms with Crippen LogP contribution in [0.5, 0.6) is 0 Å². The zero-order valence-corrected chi connectivity index (χ0v) is 107. The van der Waals surface area contributed by atoms with E-state index in [2.05, 4.69) is 334 Å². The average Bonchev–Trinajstić information content (AvgIpc) is 1.74. The Kier molecular flexibility index (Phi) is 49.0. The normalized spacial score (nSPS) is 12.1. The molecule has 0 bridgehead atoms. The minimum atomic E-state index is -1.94. The maximum Gasteiger partial charge on any atom is 0 e. The first-order chi connectivity index (χ1) is 68.8. The van der Waals surface area contributed by atoms with Crippen molar-refractivity contribution in [2.45, 2.75) is 187 Å². The number of nitrogens with zero attached hydrogens (tertiary/aromatic N) is 8. The molecule has 2 saturated carbocycles. The van der Waals surface area contributed by atoms with Gasteiger partial charge >= 0.3 is 564 Å². The number of hydrogen-bond acceptors (Lipinski definition) is 8. The van der Waals surface area contributed by atoms with Crippen LogP contribution in [0, 0.1) is 89.1 Å². The fraction of sp³-hybridized carbons (Fsp3) is 0.237. The van der Waals surface area contributed by atoms with Crippen LogP contribution in [-0.2, 0) is 86.8 Å².